The summed E-state index contributed by atoms with van der Waals surface area (Å²) >= 11 is 11.6. The molecule has 0 saturated carbocycles. The Morgan fingerprint density at radius 1 is 1.00 bits per heavy atom. The number of fused-ring (bicyclic) bond motifs is 1. The first-order valence-corrected chi connectivity index (χ1v) is 11.9. The van der Waals surface area contributed by atoms with E-state index < -0.39 is 11.8 Å². The summed E-state index contributed by atoms with van der Waals surface area (Å²) in [6, 6.07) is 21.5. The van der Waals surface area contributed by atoms with Crippen LogP contribution in [0.3, 0.4) is 0 Å². The van der Waals surface area contributed by atoms with Crippen LogP contribution in [0.25, 0.3) is 17.0 Å². The van der Waals surface area contributed by atoms with Gasteiger partial charge in [0, 0.05) is 34.2 Å². The molecule has 3 aromatic carbocycles. The molecule has 0 atom stereocenters. The van der Waals surface area contributed by atoms with Crippen molar-refractivity contribution >= 4 is 63.4 Å². The third kappa shape index (κ3) is 4.38. The van der Waals surface area contributed by atoms with E-state index in [4.69, 9.17) is 23.8 Å². The van der Waals surface area contributed by atoms with E-state index >= 15 is 0 Å². The second-order valence-corrected chi connectivity index (χ2v) is 9.40. The Labute approximate surface area is 213 Å². The number of thiocarbonyl (C=S) groups is 1. The van der Waals surface area contributed by atoms with Gasteiger partial charge in [-0.15, -0.1) is 0 Å². The molecular formula is C28H22ClN3O2S. The van der Waals surface area contributed by atoms with Crippen LogP contribution in [0, 0.1) is 13.8 Å². The zero-order valence-electron chi connectivity index (χ0n) is 19.2. The van der Waals surface area contributed by atoms with Crippen LogP contribution in [-0.2, 0) is 16.1 Å². The Morgan fingerprint density at radius 2 is 1.80 bits per heavy atom. The van der Waals surface area contributed by atoms with E-state index in [9.17, 15) is 9.59 Å². The zero-order chi connectivity index (χ0) is 24.7. The lowest BCUT2D eigenvalue weighted by molar-refractivity contribution is -0.122. The van der Waals surface area contributed by atoms with Crippen LogP contribution < -0.4 is 10.2 Å². The van der Waals surface area contributed by atoms with E-state index in [-0.39, 0.29) is 10.7 Å². The summed E-state index contributed by atoms with van der Waals surface area (Å²) in [5.74, 6) is -1.01. The maximum Gasteiger partial charge on any atom is 0.270 e. The number of para-hydroxylation sites is 1. The molecule has 1 fully saturated rings. The van der Waals surface area contributed by atoms with Gasteiger partial charge in [0.1, 0.15) is 5.57 Å². The van der Waals surface area contributed by atoms with Crippen LogP contribution in [-0.4, -0.2) is 21.5 Å². The molecule has 174 valence electrons. The summed E-state index contributed by atoms with van der Waals surface area (Å²) in [6.07, 6.45) is 3.61. The van der Waals surface area contributed by atoms with Gasteiger partial charge in [0.15, 0.2) is 5.11 Å². The molecule has 5 nitrogen and oxygen atoms in total. The van der Waals surface area contributed by atoms with Gasteiger partial charge >= 0.3 is 0 Å². The van der Waals surface area contributed by atoms with Crippen molar-refractivity contribution in [2.75, 3.05) is 4.90 Å². The summed E-state index contributed by atoms with van der Waals surface area (Å²) in [5.41, 5.74) is 5.55. The van der Waals surface area contributed by atoms with Gasteiger partial charge in [-0.3, -0.25) is 19.8 Å². The minimum Gasteiger partial charge on any atom is -0.342 e. The fraction of sp³-hybridized carbons (Fsp3) is 0.107. The molecule has 1 aliphatic rings. The van der Waals surface area contributed by atoms with Gasteiger partial charge in [-0.2, -0.15) is 0 Å². The Bertz CT molecular complexity index is 1550. The highest BCUT2D eigenvalue weighted by Gasteiger charge is 2.34. The molecule has 0 aliphatic carbocycles. The number of aryl methyl sites for hydroxylation is 2. The Morgan fingerprint density at radius 3 is 2.57 bits per heavy atom. The molecule has 0 spiro atoms. The number of hydrogen-bond donors (Lipinski definition) is 1. The number of halogens is 1. The summed E-state index contributed by atoms with van der Waals surface area (Å²) < 4.78 is 2.13. The van der Waals surface area contributed by atoms with Crippen molar-refractivity contribution in [3.05, 3.63) is 106 Å². The number of anilines is 1. The summed E-state index contributed by atoms with van der Waals surface area (Å²) in [5, 5.41) is 4.13. The molecule has 35 heavy (non-hydrogen) atoms. The average Bonchev–Trinajstić information content (AvgIpc) is 3.16. The van der Waals surface area contributed by atoms with E-state index in [2.05, 4.69) is 35.0 Å². The minimum absolute atomic E-state index is 0.00811. The van der Waals surface area contributed by atoms with Gasteiger partial charge in [-0.1, -0.05) is 65.7 Å². The smallest absolute Gasteiger partial charge is 0.270 e. The monoisotopic (exact) mass is 499 g/mol. The van der Waals surface area contributed by atoms with Crippen LogP contribution in [0.15, 0.2) is 78.5 Å². The summed E-state index contributed by atoms with van der Waals surface area (Å²) in [7, 11) is 0. The normalized spacial score (nSPS) is 15.2. The van der Waals surface area contributed by atoms with Crippen molar-refractivity contribution in [1.29, 1.82) is 0 Å². The van der Waals surface area contributed by atoms with E-state index in [0.717, 1.165) is 22.0 Å². The molecule has 0 bridgehead atoms. The predicted octanol–water partition coefficient (Wildman–Crippen LogP) is 5.79. The molecule has 5 rings (SSSR count). The van der Waals surface area contributed by atoms with Gasteiger partial charge in [-0.05, 0) is 61.5 Å². The van der Waals surface area contributed by atoms with Crippen molar-refractivity contribution in [3.63, 3.8) is 0 Å². The fourth-order valence-electron chi connectivity index (χ4n) is 4.30. The second kappa shape index (κ2) is 9.13. The Balaban J connectivity index is 1.57. The van der Waals surface area contributed by atoms with Gasteiger partial charge in [0.2, 0.25) is 0 Å². The predicted molar refractivity (Wildman–Crippen MR) is 145 cm³/mol. The highest BCUT2D eigenvalue weighted by molar-refractivity contribution is 7.80. The van der Waals surface area contributed by atoms with Crippen LogP contribution in [0.2, 0.25) is 5.02 Å². The van der Waals surface area contributed by atoms with Crippen molar-refractivity contribution in [1.82, 2.24) is 9.88 Å². The van der Waals surface area contributed by atoms with E-state index in [0.29, 0.717) is 17.3 Å². The number of aromatic nitrogens is 1. The van der Waals surface area contributed by atoms with Gasteiger partial charge in [0.25, 0.3) is 11.8 Å². The number of hydrogen-bond acceptors (Lipinski definition) is 3. The third-order valence-electron chi connectivity index (χ3n) is 6.07. The van der Waals surface area contributed by atoms with Gasteiger partial charge in [0.05, 0.1) is 5.69 Å². The van der Waals surface area contributed by atoms with Crippen molar-refractivity contribution in [2.24, 2.45) is 0 Å². The topological polar surface area (TPSA) is 54.3 Å². The number of nitrogens with zero attached hydrogens (tertiary/aromatic N) is 2. The molecule has 2 heterocycles. The summed E-state index contributed by atoms with van der Waals surface area (Å²) in [6.45, 7) is 4.61. The first-order chi connectivity index (χ1) is 16.8. The molecule has 7 heteroatoms. The van der Waals surface area contributed by atoms with Crippen LogP contribution in [0.1, 0.15) is 22.3 Å². The number of rotatable bonds is 4. The quantitative estimate of drug-likeness (QED) is 0.219. The second-order valence-electron chi connectivity index (χ2n) is 8.61. The van der Waals surface area contributed by atoms with Crippen LogP contribution in [0.5, 0.6) is 0 Å². The largest absolute Gasteiger partial charge is 0.342 e. The molecule has 0 unspecified atom stereocenters. The number of carbonyl (C=O) groups excluding carboxylic acids is 2. The highest BCUT2D eigenvalue weighted by atomic mass is 35.5. The van der Waals surface area contributed by atoms with E-state index in [1.165, 1.54) is 16.0 Å². The lowest BCUT2D eigenvalue weighted by Crippen LogP contribution is -2.54. The molecule has 1 saturated heterocycles. The number of benzene rings is 3. The minimum atomic E-state index is -0.523. The van der Waals surface area contributed by atoms with Crippen molar-refractivity contribution < 1.29 is 9.59 Å². The zero-order valence-corrected chi connectivity index (χ0v) is 20.8. The van der Waals surface area contributed by atoms with E-state index in [1.807, 2.05) is 49.5 Å². The molecule has 1 N–H and O–H groups in total. The third-order valence-corrected chi connectivity index (χ3v) is 6.76. The van der Waals surface area contributed by atoms with E-state index in [1.54, 1.807) is 18.2 Å². The summed E-state index contributed by atoms with van der Waals surface area (Å²) in [4.78, 5) is 27.6. The standard InChI is InChI=1S/C28H22ClN3O2S/c1-17-6-5-7-19(12-17)15-31-16-20(22-8-3-4-9-25(22)31)13-23-26(33)30-28(35)32(27(23)34)21-11-10-18(2)24(29)14-21/h3-14,16H,15H2,1-2H3,(H,30,33,35)/b23-13+. The molecule has 1 aromatic heterocycles. The number of carbonyl (C=O) groups is 2. The van der Waals surface area contributed by atoms with Crippen molar-refractivity contribution in [3.8, 4) is 0 Å². The molecular weight excluding hydrogens is 478 g/mol. The molecule has 0 radical (unpaired) electrons. The highest BCUT2D eigenvalue weighted by Crippen LogP contribution is 2.29. The molecule has 4 aromatic rings. The van der Waals surface area contributed by atoms with Crippen LogP contribution in [0.4, 0.5) is 5.69 Å². The first kappa shape index (κ1) is 23.0. The fourth-order valence-corrected chi connectivity index (χ4v) is 4.75. The maximum atomic E-state index is 13.5. The lowest BCUT2D eigenvalue weighted by Gasteiger charge is -2.29. The van der Waals surface area contributed by atoms with Crippen molar-refractivity contribution in [2.45, 2.75) is 20.4 Å². The number of nitrogens with one attached hydrogen (secondary N) is 1. The Hall–Kier alpha value is -3.74. The maximum absolute atomic E-state index is 13.5. The molecule has 1 aliphatic heterocycles. The lowest BCUT2D eigenvalue weighted by atomic mass is 10.1. The average molecular weight is 500 g/mol. The van der Waals surface area contributed by atoms with Gasteiger partial charge < -0.3 is 4.57 Å². The number of amides is 2. The Kier molecular flexibility index (Phi) is 6.01. The molecule has 2 amide bonds. The van der Waals surface area contributed by atoms with Gasteiger partial charge in [-0.25, -0.2) is 0 Å². The SMILES string of the molecule is Cc1cccc(Cn2cc(/C=C3\C(=O)NC(=S)N(c4ccc(C)c(Cl)c4)C3=O)c3ccccc32)c1. The van der Waals surface area contributed by atoms with Crippen LogP contribution >= 0.6 is 23.8 Å². The first-order valence-electron chi connectivity index (χ1n) is 11.1.